The highest BCUT2D eigenvalue weighted by atomic mass is 16.1. The molecule has 0 aliphatic carbocycles. The Balaban J connectivity index is 1.90. The van der Waals surface area contributed by atoms with Gasteiger partial charge in [0.05, 0.1) is 32.8 Å². The maximum absolute atomic E-state index is 13.6. The molecule has 33 heavy (non-hydrogen) atoms. The zero-order valence-corrected chi connectivity index (χ0v) is 16.9. The molecule has 7 heteroatoms. The molecule has 5 aromatic rings. The van der Waals surface area contributed by atoms with Crippen molar-refractivity contribution in [3.8, 4) is 35.4 Å². The summed E-state index contributed by atoms with van der Waals surface area (Å²) >= 11 is 0. The summed E-state index contributed by atoms with van der Waals surface area (Å²) in [5, 5.41) is 38.7. The van der Waals surface area contributed by atoms with Crippen molar-refractivity contribution in [1.29, 1.82) is 21.0 Å². The lowest BCUT2D eigenvalue weighted by Crippen LogP contribution is -2.17. The first-order chi connectivity index (χ1) is 16.1. The second-order valence-corrected chi connectivity index (χ2v) is 7.28. The Bertz CT molecular complexity index is 1920. The van der Waals surface area contributed by atoms with Crippen LogP contribution in [-0.2, 0) is 0 Å². The van der Waals surface area contributed by atoms with Crippen molar-refractivity contribution in [1.82, 2.24) is 9.38 Å². The number of nitriles is 4. The standard InChI is InChI=1S/C26H10N6O/c27-11-17-6-5-15(9-18(17)12-28)16-7-8-22-21(10-16)26(33)32-23-4-2-1-3-20(23)24(25(32)31-22)19(13-29)14-30/h1-10H. The van der Waals surface area contributed by atoms with Gasteiger partial charge in [-0.3, -0.25) is 9.20 Å². The van der Waals surface area contributed by atoms with Crippen LogP contribution in [0.2, 0.25) is 0 Å². The van der Waals surface area contributed by atoms with Gasteiger partial charge in [0, 0.05) is 5.39 Å². The van der Waals surface area contributed by atoms with Crippen LogP contribution >= 0.6 is 0 Å². The van der Waals surface area contributed by atoms with Gasteiger partial charge in [-0.2, -0.15) is 21.0 Å². The van der Waals surface area contributed by atoms with Gasteiger partial charge in [0.2, 0.25) is 0 Å². The van der Waals surface area contributed by atoms with Gasteiger partial charge in [0.25, 0.3) is 5.56 Å². The predicted octanol–water partition coefficient (Wildman–Crippen LogP) is 3.33. The summed E-state index contributed by atoms with van der Waals surface area (Å²) in [6.07, 6.45) is 0. The summed E-state index contributed by atoms with van der Waals surface area (Å²) in [4.78, 5) is 18.2. The van der Waals surface area contributed by atoms with Crippen LogP contribution in [0.15, 0.2) is 65.5 Å². The van der Waals surface area contributed by atoms with Crippen molar-refractivity contribution in [3.63, 3.8) is 0 Å². The smallest absolute Gasteiger partial charge is 0.266 e. The lowest BCUT2D eigenvalue weighted by Gasteiger charge is -2.06. The van der Waals surface area contributed by atoms with Crippen LogP contribution in [0.3, 0.4) is 0 Å². The number of aromatic nitrogens is 2. The molecule has 0 aliphatic heterocycles. The Labute approximate surface area is 186 Å². The van der Waals surface area contributed by atoms with E-state index in [0.717, 1.165) is 0 Å². The van der Waals surface area contributed by atoms with Gasteiger partial charge in [0.1, 0.15) is 29.8 Å². The zero-order valence-electron chi connectivity index (χ0n) is 16.9. The Kier molecular flexibility index (Phi) is 4.32. The average molecular weight is 422 g/mol. The van der Waals surface area contributed by atoms with Crippen LogP contribution in [-0.4, -0.2) is 9.38 Å². The Hall–Kier alpha value is -5.50. The summed E-state index contributed by atoms with van der Waals surface area (Å²) < 4.78 is 1.42. The third-order valence-electron chi connectivity index (χ3n) is 5.57. The molecule has 150 valence electrons. The predicted molar refractivity (Wildman–Crippen MR) is 121 cm³/mol. The zero-order chi connectivity index (χ0) is 23.1. The second kappa shape index (κ2) is 7.33. The number of rotatable bonds is 1. The molecule has 2 aromatic heterocycles. The molecule has 7 nitrogen and oxygen atoms in total. The number of nitrogens with zero attached hydrogens (tertiary/aromatic N) is 6. The molecule has 0 N–H and O–H groups in total. The maximum atomic E-state index is 13.6. The summed E-state index contributed by atoms with van der Waals surface area (Å²) in [7, 11) is 0. The first-order valence-electron chi connectivity index (χ1n) is 9.77. The van der Waals surface area contributed by atoms with Crippen molar-refractivity contribution in [2.75, 3.05) is 0 Å². The third-order valence-corrected chi connectivity index (χ3v) is 5.57. The van der Waals surface area contributed by atoms with Gasteiger partial charge in [-0.25, -0.2) is 4.98 Å². The van der Waals surface area contributed by atoms with Gasteiger partial charge in [-0.15, -0.1) is 0 Å². The summed E-state index contributed by atoms with van der Waals surface area (Å²) in [5.74, 6) is 0. The first-order valence-corrected chi connectivity index (χ1v) is 9.77. The molecule has 0 atom stereocenters. The van der Waals surface area contributed by atoms with Crippen molar-refractivity contribution >= 4 is 33.0 Å². The van der Waals surface area contributed by atoms with Gasteiger partial charge in [0.15, 0.2) is 5.65 Å². The molecular weight excluding hydrogens is 412 g/mol. The lowest BCUT2D eigenvalue weighted by atomic mass is 9.99. The van der Waals surface area contributed by atoms with Crippen LogP contribution in [0.4, 0.5) is 0 Å². The van der Waals surface area contributed by atoms with E-state index in [-0.39, 0.29) is 27.9 Å². The van der Waals surface area contributed by atoms with Crippen molar-refractivity contribution in [2.24, 2.45) is 0 Å². The Morgan fingerprint density at radius 2 is 1.48 bits per heavy atom. The monoisotopic (exact) mass is 422 g/mol. The third kappa shape index (κ3) is 2.79. The van der Waals surface area contributed by atoms with Gasteiger partial charge >= 0.3 is 0 Å². The lowest BCUT2D eigenvalue weighted by molar-refractivity contribution is 1.14. The molecule has 0 fully saturated rings. The average Bonchev–Trinajstić information content (AvgIpc) is 3.19. The molecule has 2 heterocycles. The highest BCUT2D eigenvalue weighted by Gasteiger charge is 2.16. The second-order valence-electron chi connectivity index (χ2n) is 7.28. The van der Waals surface area contributed by atoms with E-state index in [1.165, 1.54) is 4.40 Å². The van der Waals surface area contributed by atoms with Crippen LogP contribution in [0.25, 0.3) is 44.2 Å². The fraction of sp³-hybridized carbons (Fsp3) is 0. The van der Waals surface area contributed by atoms with E-state index in [1.54, 1.807) is 60.7 Å². The Morgan fingerprint density at radius 3 is 2.21 bits per heavy atom. The molecule has 5 rings (SSSR count). The summed E-state index contributed by atoms with van der Waals surface area (Å²) in [6.45, 7) is 0. The quantitative estimate of drug-likeness (QED) is 0.407. The molecule has 0 amide bonds. The van der Waals surface area contributed by atoms with E-state index in [4.69, 9.17) is 5.26 Å². The number of para-hydroxylation sites is 1. The largest absolute Gasteiger partial charge is 0.268 e. The van der Waals surface area contributed by atoms with E-state index in [0.29, 0.717) is 38.2 Å². The summed E-state index contributed by atoms with van der Waals surface area (Å²) in [5.41, 5.74) is 2.71. The molecule has 3 aromatic carbocycles. The van der Waals surface area contributed by atoms with Crippen molar-refractivity contribution < 1.29 is 0 Å². The maximum Gasteiger partial charge on any atom is 0.266 e. The van der Waals surface area contributed by atoms with E-state index in [9.17, 15) is 20.6 Å². The highest BCUT2D eigenvalue weighted by Crippen LogP contribution is 2.25. The van der Waals surface area contributed by atoms with E-state index >= 15 is 0 Å². The topological polar surface area (TPSA) is 130 Å². The molecule has 0 radical (unpaired) electrons. The fourth-order valence-corrected chi connectivity index (χ4v) is 4.05. The van der Waals surface area contributed by atoms with Crippen molar-refractivity contribution in [2.45, 2.75) is 0 Å². The van der Waals surface area contributed by atoms with Gasteiger partial charge in [-0.05, 0) is 41.5 Å². The molecule has 0 spiro atoms. The number of hydrogen-bond acceptors (Lipinski definition) is 6. The molecule has 0 aliphatic rings. The number of hydrogen-bond donors (Lipinski definition) is 0. The minimum atomic E-state index is -0.330. The van der Waals surface area contributed by atoms with Crippen LogP contribution in [0.1, 0.15) is 11.1 Å². The number of fused-ring (bicyclic) bond motifs is 4. The van der Waals surface area contributed by atoms with Crippen LogP contribution in [0.5, 0.6) is 0 Å². The van der Waals surface area contributed by atoms with Gasteiger partial charge in [-0.1, -0.05) is 30.3 Å². The minimum Gasteiger partial charge on any atom is -0.268 e. The van der Waals surface area contributed by atoms with Crippen LogP contribution < -0.4 is 10.8 Å². The Morgan fingerprint density at radius 1 is 0.788 bits per heavy atom. The molecule has 0 unspecified atom stereocenters. The first kappa shape index (κ1) is 19.5. The highest BCUT2D eigenvalue weighted by molar-refractivity contribution is 5.96. The SMILES string of the molecule is N#CC(C#N)=c1c2ccccc2n2c(=O)c3cc(-c4ccc(C#N)c(C#N)c4)ccc3nc12. The van der Waals surface area contributed by atoms with E-state index in [1.807, 2.05) is 24.3 Å². The van der Waals surface area contributed by atoms with E-state index in [2.05, 4.69) is 4.98 Å². The minimum absolute atomic E-state index is 0.113. The van der Waals surface area contributed by atoms with Crippen molar-refractivity contribution in [3.05, 3.63) is 87.4 Å². The normalized spacial score (nSPS) is 10.4. The number of benzene rings is 3. The summed E-state index contributed by atoms with van der Waals surface area (Å²) in [6, 6.07) is 24.9. The molecular formula is C26H10N6O. The van der Waals surface area contributed by atoms with E-state index < -0.39 is 0 Å². The fourth-order valence-electron chi connectivity index (χ4n) is 4.05. The molecule has 0 bridgehead atoms. The molecule has 0 saturated heterocycles. The van der Waals surface area contributed by atoms with Crippen LogP contribution in [0, 0.1) is 45.3 Å². The molecule has 0 saturated carbocycles. The van der Waals surface area contributed by atoms with Gasteiger partial charge < -0.3 is 0 Å².